The van der Waals surface area contributed by atoms with Gasteiger partial charge in [-0.1, -0.05) is 35.5 Å². The van der Waals surface area contributed by atoms with Gasteiger partial charge in [0.1, 0.15) is 5.70 Å². The zero-order valence-corrected chi connectivity index (χ0v) is 9.51. The molecule has 6 nitrogen and oxygen atoms in total. The van der Waals surface area contributed by atoms with E-state index in [0.717, 1.165) is 0 Å². The fourth-order valence-corrected chi connectivity index (χ4v) is 1.66. The van der Waals surface area contributed by atoms with Crippen molar-refractivity contribution in [1.82, 2.24) is 5.32 Å². The molecule has 1 fully saturated rings. The molecular formula is C12H10N2O4. The molecule has 0 bridgehead atoms. The highest BCUT2D eigenvalue weighted by molar-refractivity contribution is 6.73. The summed E-state index contributed by atoms with van der Waals surface area (Å²) in [6, 6.07) is 8.84. The molecule has 92 valence electrons. The van der Waals surface area contributed by atoms with Crippen LogP contribution in [0.3, 0.4) is 0 Å². The maximum Gasteiger partial charge on any atom is 0.282 e. The van der Waals surface area contributed by atoms with Crippen LogP contribution in [0.4, 0.5) is 0 Å². The lowest BCUT2D eigenvalue weighted by atomic mass is 10.1. The number of oxime groups is 1. The van der Waals surface area contributed by atoms with Crippen LogP contribution in [0.2, 0.25) is 0 Å². The molecule has 1 aromatic carbocycles. The van der Waals surface area contributed by atoms with Gasteiger partial charge >= 0.3 is 0 Å². The Labute approximate surface area is 103 Å². The van der Waals surface area contributed by atoms with E-state index in [4.69, 9.17) is 9.94 Å². The Bertz CT molecular complexity index is 561. The van der Waals surface area contributed by atoms with Gasteiger partial charge in [0.15, 0.2) is 5.76 Å². The quantitative estimate of drug-likeness (QED) is 0.345. The summed E-state index contributed by atoms with van der Waals surface area (Å²) >= 11 is 0. The number of methoxy groups -OCH3 is 1. The number of carbonyl (C=O) groups is 2. The summed E-state index contributed by atoms with van der Waals surface area (Å²) in [6.45, 7) is 0. The maximum atomic E-state index is 11.8. The second kappa shape index (κ2) is 4.70. The molecule has 0 aliphatic carbocycles. The number of allylic oxidation sites excluding steroid dienone is 1. The predicted molar refractivity (Wildman–Crippen MR) is 62.7 cm³/mol. The number of ether oxygens (including phenoxy) is 1. The molecular weight excluding hydrogens is 236 g/mol. The van der Waals surface area contributed by atoms with Crippen LogP contribution in [0.15, 0.2) is 41.2 Å². The molecule has 0 unspecified atom stereocenters. The van der Waals surface area contributed by atoms with E-state index in [1.54, 1.807) is 24.3 Å². The summed E-state index contributed by atoms with van der Waals surface area (Å²) in [4.78, 5) is 23.2. The van der Waals surface area contributed by atoms with Crippen LogP contribution in [0.5, 0.6) is 0 Å². The van der Waals surface area contributed by atoms with Crippen molar-refractivity contribution < 1.29 is 19.5 Å². The lowest BCUT2D eigenvalue weighted by Crippen LogP contribution is -2.19. The number of Topliss-reactive ketones (excluding diaryl/α,β-unsaturated/α-hetero) is 1. The number of amides is 1. The Balaban J connectivity index is 2.53. The predicted octanol–water partition coefficient (Wildman–Crippen LogP) is 0.531. The van der Waals surface area contributed by atoms with Gasteiger partial charge in [-0.25, -0.2) is 0 Å². The van der Waals surface area contributed by atoms with Crippen molar-refractivity contribution in [3.05, 3.63) is 41.6 Å². The Morgan fingerprint density at radius 1 is 1.28 bits per heavy atom. The van der Waals surface area contributed by atoms with Gasteiger partial charge in [0.25, 0.3) is 5.91 Å². The number of rotatable bonds is 2. The number of ketones is 1. The molecule has 0 radical (unpaired) electrons. The molecule has 1 aliphatic rings. The first kappa shape index (κ1) is 11.8. The van der Waals surface area contributed by atoms with Crippen LogP contribution in [0, 0.1) is 0 Å². The SMILES string of the molecule is CO/C(=C1\NC(=O)/C(=N\O)C1=O)c1ccccc1. The molecule has 0 spiro atoms. The van der Waals surface area contributed by atoms with Crippen molar-refractivity contribution in [1.29, 1.82) is 0 Å². The molecule has 2 rings (SSSR count). The molecule has 1 aliphatic heterocycles. The van der Waals surface area contributed by atoms with E-state index in [2.05, 4.69) is 10.5 Å². The fraction of sp³-hybridized carbons (Fsp3) is 0.0833. The van der Waals surface area contributed by atoms with Crippen LogP contribution in [-0.4, -0.2) is 29.7 Å². The number of nitrogens with zero attached hydrogens (tertiary/aromatic N) is 1. The van der Waals surface area contributed by atoms with Gasteiger partial charge in [0.05, 0.1) is 7.11 Å². The minimum atomic E-state index is -0.747. The van der Waals surface area contributed by atoms with E-state index in [1.165, 1.54) is 7.11 Å². The average molecular weight is 246 g/mol. The van der Waals surface area contributed by atoms with E-state index in [1.807, 2.05) is 6.07 Å². The monoisotopic (exact) mass is 246 g/mol. The maximum absolute atomic E-state index is 11.8. The van der Waals surface area contributed by atoms with E-state index < -0.39 is 17.4 Å². The van der Waals surface area contributed by atoms with E-state index >= 15 is 0 Å². The Hall–Kier alpha value is -2.63. The molecule has 6 heteroatoms. The summed E-state index contributed by atoms with van der Waals surface area (Å²) in [6.07, 6.45) is 0. The van der Waals surface area contributed by atoms with Gasteiger partial charge in [-0.05, 0) is 0 Å². The lowest BCUT2D eigenvalue weighted by Gasteiger charge is -2.08. The number of hydrogen-bond acceptors (Lipinski definition) is 5. The third-order valence-corrected chi connectivity index (χ3v) is 2.46. The standard InChI is InChI=1S/C12H10N2O4/c1-18-11(7-5-3-2-4-6-7)8-10(15)9(14-17)12(16)13-8/h2-6,17H,1H3,(H,13,16)/b11-8-,14-9-. The summed E-state index contributed by atoms with van der Waals surface area (Å²) in [5, 5.41) is 13.6. The number of benzene rings is 1. The van der Waals surface area contributed by atoms with Crippen molar-refractivity contribution in [3.8, 4) is 0 Å². The van der Waals surface area contributed by atoms with Gasteiger partial charge in [-0.2, -0.15) is 0 Å². The van der Waals surface area contributed by atoms with Crippen LogP contribution in [0.25, 0.3) is 5.76 Å². The van der Waals surface area contributed by atoms with Crippen molar-refractivity contribution >= 4 is 23.2 Å². The molecule has 18 heavy (non-hydrogen) atoms. The van der Waals surface area contributed by atoms with Gasteiger partial charge in [0, 0.05) is 5.56 Å². The van der Waals surface area contributed by atoms with Gasteiger partial charge in [-0.3, -0.25) is 9.59 Å². The molecule has 1 aromatic rings. The van der Waals surface area contributed by atoms with Gasteiger partial charge in [0.2, 0.25) is 11.5 Å². The second-order valence-corrected chi connectivity index (χ2v) is 3.51. The summed E-state index contributed by atoms with van der Waals surface area (Å²) in [5.41, 5.74) is 0.0693. The lowest BCUT2D eigenvalue weighted by molar-refractivity contribution is -0.113. The molecule has 1 amide bonds. The van der Waals surface area contributed by atoms with Crippen molar-refractivity contribution in [3.63, 3.8) is 0 Å². The number of nitrogens with one attached hydrogen (secondary N) is 1. The zero-order chi connectivity index (χ0) is 13.1. The molecule has 0 atom stereocenters. The minimum absolute atomic E-state index is 0.0264. The van der Waals surface area contributed by atoms with Crippen molar-refractivity contribution in [2.75, 3.05) is 7.11 Å². The highest BCUT2D eigenvalue weighted by Gasteiger charge is 2.36. The summed E-state index contributed by atoms with van der Waals surface area (Å²) < 4.78 is 5.14. The first-order valence-corrected chi connectivity index (χ1v) is 5.10. The highest BCUT2D eigenvalue weighted by atomic mass is 16.5. The van der Waals surface area contributed by atoms with Crippen LogP contribution in [0.1, 0.15) is 5.56 Å². The molecule has 1 heterocycles. The average Bonchev–Trinajstić information content (AvgIpc) is 2.67. The van der Waals surface area contributed by atoms with Gasteiger partial charge in [-0.15, -0.1) is 0 Å². The van der Waals surface area contributed by atoms with Crippen molar-refractivity contribution in [2.45, 2.75) is 0 Å². The number of hydrogen-bond donors (Lipinski definition) is 2. The molecule has 1 saturated heterocycles. The topological polar surface area (TPSA) is 88.0 Å². The Kier molecular flexibility index (Phi) is 3.09. The second-order valence-electron chi connectivity index (χ2n) is 3.51. The molecule has 0 aromatic heterocycles. The highest BCUT2D eigenvalue weighted by Crippen LogP contribution is 2.21. The summed E-state index contributed by atoms with van der Waals surface area (Å²) in [7, 11) is 1.39. The van der Waals surface area contributed by atoms with E-state index in [9.17, 15) is 9.59 Å². The third-order valence-electron chi connectivity index (χ3n) is 2.46. The first-order chi connectivity index (χ1) is 8.69. The largest absolute Gasteiger partial charge is 0.494 e. The molecule has 2 N–H and O–H groups in total. The van der Waals surface area contributed by atoms with E-state index in [0.29, 0.717) is 5.56 Å². The fourth-order valence-electron chi connectivity index (χ4n) is 1.66. The van der Waals surface area contributed by atoms with Gasteiger partial charge < -0.3 is 15.3 Å². The normalized spacial score (nSPS) is 19.9. The zero-order valence-electron chi connectivity index (χ0n) is 9.51. The first-order valence-electron chi connectivity index (χ1n) is 5.10. The number of carbonyl (C=O) groups excluding carboxylic acids is 2. The van der Waals surface area contributed by atoms with Crippen molar-refractivity contribution in [2.24, 2.45) is 5.16 Å². The Morgan fingerprint density at radius 2 is 1.94 bits per heavy atom. The van der Waals surface area contributed by atoms with E-state index in [-0.39, 0.29) is 11.5 Å². The Morgan fingerprint density at radius 3 is 2.44 bits per heavy atom. The van der Waals surface area contributed by atoms with Crippen LogP contribution in [-0.2, 0) is 14.3 Å². The summed E-state index contributed by atoms with van der Waals surface area (Å²) in [5.74, 6) is -1.21. The minimum Gasteiger partial charge on any atom is -0.494 e. The third kappa shape index (κ3) is 1.84. The van der Waals surface area contributed by atoms with Crippen LogP contribution >= 0.6 is 0 Å². The smallest absolute Gasteiger partial charge is 0.282 e. The molecule has 0 saturated carbocycles. The van der Waals surface area contributed by atoms with Crippen LogP contribution < -0.4 is 5.32 Å².